The van der Waals surface area contributed by atoms with Gasteiger partial charge in [0.2, 0.25) is 5.95 Å². The van der Waals surface area contributed by atoms with E-state index in [9.17, 15) is 13.6 Å². The van der Waals surface area contributed by atoms with Gasteiger partial charge in [0.15, 0.2) is 17.3 Å². The molecule has 158 valence electrons. The average Bonchev–Trinajstić information content (AvgIpc) is 3.39. The molecule has 0 aliphatic rings. The van der Waals surface area contributed by atoms with Gasteiger partial charge in [0.05, 0.1) is 6.54 Å². The fourth-order valence-electron chi connectivity index (χ4n) is 2.69. The van der Waals surface area contributed by atoms with Crippen molar-refractivity contribution in [2.24, 2.45) is 0 Å². The number of rotatable bonds is 7. The van der Waals surface area contributed by atoms with Crippen LogP contribution in [0.15, 0.2) is 65.3 Å². The number of benzene rings is 2. The number of furan rings is 1. The summed E-state index contributed by atoms with van der Waals surface area (Å²) in [6.45, 7) is 0.325. The number of carbonyl (C=O) groups is 1. The summed E-state index contributed by atoms with van der Waals surface area (Å²) in [7, 11) is 0. The number of hydrogen-bond acceptors (Lipinski definition) is 5. The van der Waals surface area contributed by atoms with Crippen molar-refractivity contribution < 1.29 is 22.7 Å². The molecule has 7 nitrogen and oxygen atoms in total. The molecule has 2 heterocycles. The van der Waals surface area contributed by atoms with Gasteiger partial charge in [-0.05, 0) is 42.0 Å². The first-order chi connectivity index (χ1) is 15.0. The van der Waals surface area contributed by atoms with Crippen LogP contribution in [0.4, 0.5) is 14.7 Å². The number of nitrogens with zero attached hydrogens (tertiary/aromatic N) is 3. The molecule has 0 radical (unpaired) electrons. The predicted molar refractivity (Wildman–Crippen MR) is 108 cm³/mol. The third-order valence-corrected chi connectivity index (χ3v) is 4.42. The number of anilines is 1. The number of carbonyl (C=O) groups excluding carboxylic acids is 1. The van der Waals surface area contributed by atoms with Gasteiger partial charge < -0.3 is 9.15 Å². The molecule has 4 aromatic rings. The second-order valence-corrected chi connectivity index (χ2v) is 6.91. The van der Waals surface area contributed by atoms with Crippen molar-refractivity contribution in [1.29, 1.82) is 0 Å². The Morgan fingerprint density at radius 1 is 1.13 bits per heavy atom. The van der Waals surface area contributed by atoms with E-state index in [1.54, 1.807) is 16.8 Å². The van der Waals surface area contributed by atoms with Gasteiger partial charge in [0, 0.05) is 11.1 Å². The molecule has 0 atom stereocenters. The molecule has 4 rings (SSSR count). The van der Waals surface area contributed by atoms with Gasteiger partial charge in [-0.2, -0.15) is 0 Å². The van der Waals surface area contributed by atoms with E-state index in [-0.39, 0.29) is 29.8 Å². The maximum absolute atomic E-state index is 13.6. The smallest absolute Gasteiger partial charge is 0.293 e. The molecule has 1 N–H and O–H groups in total. The Hall–Kier alpha value is -3.72. The zero-order valence-corrected chi connectivity index (χ0v) is 16.6. The van der Waals surface area contributed by atoms with E-state index in [2.05, 4.69) is 15.4 Å². The van der Waals surface area contributed by atoms with Crippen molar-refractivity contribution in [2.45, 2.75) is 13.2 Å². The molecular formula is C21H15ClF2N4O3. The van der Waals surface area contributed by atoms with Gasteiger partial charge in [-0.3, -0.25) is 10.1 Å². The van der Waals surface area contributed by atoms with E-state index in [0.29, 0.717) is 11.6 Å². The van der Waals surface area contributed by atoms with Gasteiger partial charge >= 0.3 is 0 Å². The summed E-state index contributed by atoms with van der Waals surface area (Å²) in [5.74, 6) is -1.80. The van der Waals surface area contributed by atoms with Crippen molar-refractivity contribution >= 4 is 23.5 Å². The summed E-state index contributed by atoms with van der Waals surface area (Å²) in [6, 6.07) is 13.2. The van der Waals surface area contributed by atoms with Crippen LogP contribution in [0.3, 0.4) is 0 Å². The zero-order chi connectivity index (χ0) is 21.8. The fraction of sp³-hybridized carbons (Fsp3) is 0.0952. The molecule has 31 heavy (non-hydrogen) atoms. The van der Waals surface area contributed by atoms with E-state index in [4.69, 9.17) is 20.8 Å². The Balaban J connectivity index is 1.33. The predicted octanol–water partition coefficient (Wildman–Crippen LogP) is 4.68. The lowest BCUT2D eigenvalue weighted by Gasteiger charge is -2.05. The number of aromatic nitrogens is 3. The topological polar surface area (TPSA) is 82.2 Å². The highest BCUT2D eigenvalue weighted by Crippen LogP contribution is 2.20. The quantitative estimate of drug-likeness (QED) is 0.447. The van der Waals surface area contributed by atoms with Crippen molar-refractivity contribution in [2.75, 3.05) is 5.32 Å². The van der Waals surface area contributed by atoms with E-state index >= 15 is 0 Å². The standard InChI is InChI=1S/C21H15ClF2N4O3/c22-14-3-1-13(2-4-14)10-28-12-25-21(27-28)26-20(29)19-8-6-16(31-19)11-30-18-7-5-15(23)9-17(18)24/h1-9,12H,10-11H2,(H,26,27,29). The van der Waals surface area contributed by atoms with Gasteiger partial charge in [-0.15, -0.1) is 5.10 Å². The average molecular weight is 445 g/mol. The van der Waals surface area contributed by atoms with Crippen LogP contribution in [-0.2, 0) is 13.2 Å². The summed E-state index contributed by atoms with van der Waals surface area (Å²) >= 11 is 5.87. The van der Waals surface area contributed by atoms with Crippen LogP contribution in [0.1, 0.15) is 21.9 Å². The molecule has 2 aromatic heterocycles. The minimum absolute atomic E-state index is 0.00669. The number of nitrogens with one attached hydrogen (secondary N) is 1. The lowest BCUT2D eigenvalue weighted by Crippen LogP contribution is -2.12. The first kappa shape index (κ1) is 20.5. The summed E-state index contributed by atoms with van der Waals surface area (Å²) in [5.41, 5.74) is 0.973. The van der Waals surface area contributed by atoms with Crippen molar-refractivity contribution in [3.05, 3.63) is 94.7 Å². The highest BCUT2D eigenvalue weighted by molar-refractivity contribution is 6.30. The second kappa shape index (κ2) is 8.97. The Morgan fingerprint density at radius 3 is 2.71 bits per heavy atom. The molecule has 2 aromatic carbocycles. The Morgan fingerprint density at radius 2 is 1.94 bits per heavy atom. The van der Waals surface area contributed by atoms with Crippen LogP contribution in [0, 0.1) is 11.6 Å². The fourth-order valence-corrected chi connectivity index (χ4v) is 2.81. The summed E-state index contributed by atoms with van der Waals surface area (Å²) < 4.78 is 38.8. The molecule has 0 saturated heterocycles. The summed E-state index contributed by atoms with van der Waals surface area (Å²) in [5, 5.41) is 7.37. The van der Waals surface area contributed by atoms with Crippen molar-refractivity contribution in [3.8, 4) is 5.75 Å². The zero-order valence-electron chi connectivity index (χ0n) is 15.9. The lowest BCUT2D eigenvalue weighted by atomic mass is 10.2. The molecule has 0 fully saturated rings. The van der Waals surface area contributed by atoms with Gasteiger partial charge in [0.1, 0.15) is 24.5 Å². The van der Waals surface area contributed by atoms with E-state index < -0.39 is 17.5 Å². The summed E-state index contributed by atoms with van der Waals surface area (Å²) in [4.78, 5) is 16.4. The van der Waals surface area contributed by atoms with Gasteiger partial charge in [-0.1, -0.05) is 23.7 Å². The van der Waals surface area contributed by atoms with Crippen molar-refractivity contribution in [3.63, 3.8) is 0 Å². The maximum atomic E-state index is 13.6. The van der Waals surface area contributed by atoms with Gasteiger partial charge in [0.25, 0.3) is 5.91 Å². The highest BCUT2D eigenvalue weighted by atomic mass is 35.5. The maximum Gasteiger partial charge on any atom is 0.293 e. The molecular weight excluding hydrogens is 430 g/mol. The number of ether oxygens (including phenoxy) is 1. The van der Waals surface area contributed by atoms with E-state index in [1.807, 2.05) is 12.1 Å². The highest BCUT2D eigenvalue weighted by Gasteiger charge is 2.15. The lowest BCUT2D eigenvalue weighted by molar-refractivity contribution is 0.0991. The van der Waals surface area contributed by atoms with Crippen LogP contribution in [0.2, 0.25) is 5.02 Å². The molecule has 1 amide bonds. The van der Waals surface area contributed by atoms with Gasteiger partial charge in [-0.25, -0.2) is 18.4 Å². The minimum atomic E-state index is -0.829. The first-order valence-electron chi connectivity index (χ1n) is 9.08. The van der Waals surface area contributed by atoms with Crippen LogP contribution in [0.5, 0.6) is 5.75 Å². The minimum Gasteiger partial charge on any atom is -0.483 e. The van der Waals surface area contributed by atoms with Crippen LogP contribution in [0.25, 0.3) is 0 Å². The molecule has 0 aliphatic carbocycles. The summed E-state index contributed by atoms with van der Waals surface area (Å²) in [6.07, 6.45) is 1.49. The van der Waals surface area contributed by atoms with Crippen LogP contribution >= 0.6 is 11.6 Å². The Bertz CT molecular complexity index is 1210. The van der Waals surface area contributed by atoms with Crippen molar-refractivity contribution in [1.82, 2.24) is 14.8 Å². The van der Waals surface area contributed by atoms with Crippen LogP contribution in [-0.4, -0.2) is 20.7 Å². The third-order valence-electron chi connectivity index (χ3n) is 4.17. The SMILES string of the molecule is O=C(Nc1ncn(Cc2ccc(Cl)cc2)n1)c1ccc(COc2ccc(F)cc2F)o1. The molecule has 0 aliphatic heterocycles. The monoisotopic (exact) mass is 444 g/mol. The molecule has 0 spiro atoms. The second-order valence-electron chi connectivity index (χ2n) is 6.48. The molecule has 0 unspecified atom stereocenters. The van der Waals surface area contributed by atoms with E-state index in [1.165, 1.54) is 24.5 Å². The third kappa shape index (κ3) is 5.26. The Labute approximate surface area is 180 Å². The number of amides is 1. The Kier molecular flexibility index (Phi) is 5.94. The molecule has 0 saturated carbocycles. The normalized spacial score (nSPS) is 10.8. The number of hydrogen-bond donors (Lipinski definition) is 1. The largest absolute Gasteiger partial charge is 0.483 e. The molecule has 0 bridgehead atoms. The van der Waals surface area contributed by atoms with Crippen LogP contribution < -0.4 is 10.1 Å². The first-order valence-corrected chi connectivity index (χ1v) is 9.46. The molecule has 10 heteroatoms. The number of halogens is 3. The van der Waals surface area contributed by atoms with E-state index in [0.717, 1.165) is 17.7 Å².